The van der Waals surface area contributed by atoms with Gasteiger partial charge in [-0.3, -0.25) is 4.99 Å². The Labute approximate surface area is 136 Å². The number of guanidine groups is 1. The van der Waals surface area contributed by atoms with Gasteiger partial charge < -0.3 is 20.5 Å². The Bertz CT molecular complexity index is 671. The minimum absolute atomic E-state index is 0.399. The molecule has 0 atom stereocenters. The van der Waals surface area contributed by atoms with Crippen molar-refractivity contribution in [2.75, 3.05) is 25.1 Å². The smallest absolute Gasteiger partial charge is 0.193 e. The Hall–Kier alpha value is -2.69. The molecule has 0 saturated carbocycles. The second kappa shape index (κ2) is 7.54. The van der Waals surface area contributed by atoms with Gasteiger partial charge in [0.05, 0.1) is 13.2 Å². The SMILES string of the molecule is NC(=NCCc1ccccc1)Nc1ccc2c(c1)OCCCO2. The van der Waals surface area contributed by atoms with E-state index in [-0.39, 0.29) is 0 Å². The minimum atomic E-state index is 0.399. The molecular weight excluding hydrogens is 290 g/mol. The second-order valence-corrected chi connectivity index (χ2v) is 5.34. The number of nitrogens with one attached hydrogen (secondary N) is 1. The summed E-state index contributed by atoms with van der Waals surface area (Å²) in [6.45, 7) is 1.99. The molecule has 0 aromatic heterocycles. The monoisotopic (exact) mass is 311 g/mol. The van der Waals surface area contributed by atoms with Gasteiger partial charge in [0.2, 0.25) is 0 Å². The van der Waals surface area contributed by atoms with Crippen LogP contribution in [-0.2, 0) is 6.42 Å². The number of anilines is 1. The van der Waals surface area contributed by atoms with Crippen LogP contribution in [0.3, 0.4) is 0 Å². The zero-order chi connectivity index (χ0) is 15.9. The van der Waals surface area contributed by atoms with Gasteiger partial charge in [-0.25, -0.2) is 0 Å². The third-order valence-corrected chi connectivity index (χ3v) is 3.55. The van der Waals surface area contributed by atoms with Crippen LogP contribution < -0.4 is 20.5 Å². The maximum Gasteiger partial charge on any atom is 0.193 e. The average molecular weight is 311 g/mol. The van der Waals surface area contributed by atoms with Crippen molar-refractivity contribution in [3.05, 3.63) is 54.1 Å². The lowest BCUT2D eigenvalue weighted by Gasteiger charge is -2.10. The summed E-state index contributed by atoms with van der Waals surface area (Å²) < 4.78 is 11.3. The first-order valence-electron chi connectivity index (χ1n) is 7.82. The van der Waals surface area contributed by atoms with Crippen LogP contribution in [0.25, 0.3) is 0 Å². The van der Waals surface area contributed by atoms with Crippen molar-refractivity contribution in [2.24, 2.45) is 10.7 Å². The Balaban J connectivity index is 1.58. The molecule has 3 N–H and O–H groups in total. The summed E-state index contributed by atoms with van der Waals surface area (Å²) >= 11 is 0. The summed E-state index contributed by atoms with van der Waals surface area (Å²) in [5.41, 5.74) is 8.04. The molecule has 1 heterocycles. The molecule has 0 fully saturated rings. The topological polar surface area (TPSA) is 68.9 Å². The van der Waals surface area contributed by atoms with Crippen molar-refractivity contribution in [2.45, 2.75) is 12.8 Å². The standard InChI is InChI=1S/C18H21N3O2/c19-18(20-10-9-14-5-2-1-3-6-14)21-15-7-8-16-17(13-15)23-12-4-11-22-16/h1-3,5-8,13H,4,9-12H2,(H3,19,20,21). The van der Waals surface area contributed by atoms with Crippen LogP contribution in [-0.4, -0.2) is 25.7 Å². The largest absolute Gasteiger partial charge is 0.490 e. The molecule has 0 radical (unpaired) electrons. The van der Waals surface area contributed by atoms with Crippen molar-refractivity contribution >= 4 is 11.6 Å². The lowest BCUT2D eigenvalue weighted by atomic mass is 10.2. The molecular formula is C18H21N3O2. The van der Waals surface area contributed by atoms with E-state index < -0.39 is 0 Å². The van der Waals surface area contributed by atoms with E-state index in [9.17, 15) is 0 Å². The number of hydrogen-bond donors (Lipinski definition) is 2. The molecule has 0 saturated heterocycles. The van der Waals surface area contributed by atoms with Gasteiger partial charge in [0, 0.05) is 24.7 Å². The normalized spacial score (nSPS) is 14.2. The van der Waals surface area contributed by atoms with Crippen LogP contribution in [0.5, 0.6) is 11.5 Å². The molecule has 23 heavy (non-hydrogen) atoms. The number of rotatable bonds is 4. The van der Waals surface area contributed by atoms with E-state index in [2.05, 4.69) is 22.4 Å². The molecule has 5 nitrogen and oxygen atoms in total. The fraction of sp³-hybridized carbons (Fsp3) is 0.278. The van der Waals surface area contributed by atoms with Crippen LogP contribution in [0.2, 0.25) is 0 Å². The predicted octanol–water partition coefficient (Wildman–Crippen LogP) is 2.82. The Morgan fingerprint density at radius 1 is 1.04 bits per heavy atom. The van der Waals surface area contributed by atoms with Crippen molar-refractivity contribution in [3.63, 3.8) is 0 Å². The Kier molecular flexibility index (Phi) is 4.99. The van der Waals surface area contributed by atoms with E-state index in [1.165, 1.54) is 5.56 Å². The zero-order valence-corrected chi connectivity index (χ0v) is 13.0. The predicted molar refractivity (Wildman–Crippen MR) is 92.3 cm³/mol. The van der Waals surface area contributed by atoms with Crippen LogP contribution >= 0.6 is 0 Å². The maximum atomic E-state index is 5.94. The summed E-state index contributed by atoms with van der Waals surface area (Å²) in [7, 11) is 0. The molecule has 0 bridgehead atoms. The van der Waals surface area contributed by atoms with Crippen molar-refractivity contribution < 1.29 is 9.47 Å². The number of aliphatic imine (C=N–C) groups is 1. The summed E-state index contributed by atoms with van der Waals surface area (Å²) in [6, 6.07) is 15.9. The molecule has 120 valence electrons. The first-order valence-corrected chi connectivity index (χ1v) is 7.82. The summed E-state index contributed by atoms with van der Waals surface area (Å²) in [5.74, 6) is 1.91. The van der Waals surface area contributed by atoms with E-state index in [1.54, 1.807) is 0 Å². The van der Waals surface area contributed by atoms with Gasteiger partial charge in [-0.2, -0.15) is 0 Å². The van der Waals surface area contributed by atoms with Crippen LogP contribution in [0.4, 0.5) is 5.69 Å². The highest BCUT2D eigenvalue weighted by molar-refractivity contribution is 5.92. The van der Waals surface area contributed by atoms with E-state index in [0.717, 1.165) is 30.0 Å². The number of benzene rings is 2. The molecule has 0 aliphatic carbocycles. The summed E-state index contributed by atoms with van der Waals surface area (Å²) in [4.78, 5) is 4.36. The fourth-order valence-corrected chi connectivity index (χ4v) is 2.38. The summed E-state index contributed by atoms with van der Waals surface area (Å²) in [6.07, 6.45) is 1.75. The molecule has 3 rings (SSSR count). The van der Waals surface area contributed by atoms with Crippen LogP contribution in [0, 0.1) is 0 Å². The molecule has 1 aliphatic rings. The first-order chi connectivity index (χ1) is 11.3. The van der Waals surface area contributed by atoms with E-state index in [4.69, 9.17) is 15.2 Å². The highest BCUT2D eigenvalue weighted by atomic mass is 16.5. The third-order valence-electron chi connectivity index (χ3n) is 3.55. The quantitative estimate of drug-likeness (QED) is 0.673. The second-order valence-electron chi connectivity index (χ2n) is 5.34. The van der Waals surface area contributed by atoms with Gasteiger partial charge in [0.25, 0.3) is 0 Å². The zero-order valence-electron chi connectivity index (χ0n) is 13.0. The lowest BCUT2D eigenvalue weighted by molar-refractivity contribution is 0.297. The Morgan fingerprint density at radius 3 is 2.65 bits per heavy atom. The molecule has 0 spiro atoms. The van der Waals surface area contributed by atoms with E-state index in [0.29, 0.717) is 25.7 Å². The van der Waals surface area contributed by atoms with Gasteiger partial charge in [-0.05, 0) is 24.1 Å². The van der Waals surface area contributed by atoms with Gasteiger partial charge in [0.15, 0.2) is 17.5 Å². The highest BCUT2D eigenvalue weighted by Gasteiger charge is 2.10. The van der Waals surface area contributed by atoms with Crippen LogP contribution in [0.15, 0.2) is 53.5 Å². The minimum Gasteiger partial charge on any atom is -0.490 e. The van der Waals surface area contributed by atoms with Crippen molar-refractivity contribution in [1.29, 1.82) is 0 Å². The molecule has 2 aromatic rings. The molecule has 5 heteroatoms. The van der Waals surface area contributed by atoms with Gasteiger partial charge in [0.1, 0.15) is 0 Å². The molecule has 0 amide bonds. The van der Waals surface area contributed by atoms with Gasteiger partial charge >= 0.3 is 0 Å². The van der Waals surface area contributed by atoms with E-state index >= 15 is 0 Å². The number of ether oxygens (including phenoxy) is 2. The Morgan fingerprint density at radius 2 is 1.83 bits per heavy atom. The van der Waals surface area contributed by atoms with E-state index in [1.807, 2.05) is 36.4 Å². The van der Waals surface area contributed by atoms with Crippen LogP contribution in [0.1, 0.15) is 12.0 Å². The molecule has 2 aromatic carbocycles. The van der Waals surface area contributed by atoms with Gasteiger partial charge in [-0.1, -0.05) is 30.3 Å². The summed E-state index contributed by atoms with van der Waals surface area (Å²) in [5, 5.41) is 3.09. The number of nitrogens with two attached hydrogens (primary N) is 1. The third kappa shape index (κ3) is 4.39. The first kappa shape index (κ1) is 15.2. The number of fused-ring (bicyclic) bond motifs is 1. The number of nitrogens with zero attached hydrogens (tertiary/aromatic N) is 1. The highest BCUT2D eigenvalue weighted by Crippen LogP contribution is 2.32. The van der Waals surface area contributed by atoms with Crippen molar-refractivity contribution in [1.82, 2.24) is 0 Å². The van der Waals surface area contributed by atoms with Gasteiger partial charge in [-0.15, -0.1) is 0 Å². The van der Waals surface area contributed by atoms with Crippen molar-refractivity contribution in [3.8, 4) is 11.5 Å². The molecule has 1 aliphatic heterocycles. The lowest BCUT2D eigenvalue weighted by Crippen LogP contribution is -2.23. The fourth-order valence-electron chi connectivity index (χ4n) is 2.38. The molecule has 0 unspecified atom stereocenters. The number of hydrogen-bond acceptors (Lipinski definition) is 3. The average Bonchev–Trinajstić information content (AvgIpc) is 2.81. The maximum absolute atomic E-state index is 5.94.